The van der Waals surface area contributed by atoms with Crippen LogP contribution in [-0.2, 0) is 0 Å². The molecule has 1 aliphatic carbocycles. The van der Waals surface area contributed by atoms with E-state index in [4.69, 9.17) is 0 Å². The molecule has 1 atom stereocenters. The van der Waals surface area contributed by atoms with Crippen LogP contribution in [0.5, 0.6) is 0 Å². The third-order valence-electron chi connectivity index (χ3n) is 5.07. The molecule has 0 radical (unpaired) electrons. The van der Waals surface area contributed by atoms with E-state index in [2.05, 4.69) is 15.1 Å². The zero-order valence-corrected chi connectivity index (χ0v) is 12.4. The maximum Gasteiger partial charge on any atom is 0.0235 e. The zero-order chi connectivity index (χ0) is 12.9. The van der Waals surface area contributed by atoms with Crippen molar-refractivity contribution in [2.24, 2.45) is 0 Å². The molecule has 110 valence electrons. The molecule has 3 nitrogen and oxygen atoms in total. The van der Waals surface area contributed by atoms with Crippen molar-refractivity contribution < 1.29 is 0 Å². The predicted molar refractivity (Wildman–Crippen MR) is 80.5 cm³/mol. The number of nitrogens with zero attached hydrogens (tertiary/aromatic N) is 2. The predicted octanol–water partition coefficient (Wildman–Crippen LogP) is 2.08. The summed E-state index contributed by atoms with van der Waals surface area (Å²) in [6.07, 6.45) is 11.3. The largest absolute Gasteiger partial charge is 0.314 e. The molecule has 3 heteroatoms. The quantitative estimate of drug-likeness (QED) is 0.711. The Kier molecular flexibility index (Phi) is 5.14. The second kappa shape index (κ2) is 7.05. The highest BCUT2D eigenvalue weighted by molar-refractivity contribution is 4.85. The van der Waals surface area contributed by atoms with E-state index in [9.17, 15) is 0 Å². The molecule has 1 N–H and O–H groups in total. The molecule has 2 saturated heterocycles. The molecule has 0 aromatic heterocycles. The number of rotatable bonds is 7. The first-order valence-electron chi connectivity index (χ1n) is 8.61. The first-order valence-corrected chi connectivity index (χ1v) is 8.61. The maximum atomic E-state index is 3.62. The Hall–Kier alpha value is -0.120. The van der Waals surface area contributed by atoms with E-state index in [-0.39, 0.29) is 0 Å². The summed E-state index contributed by atoms with van der Waals surface area (Å²) >= 11 is 0. The van der Waals surface area contributed by atoms with Gasteiger partial charge in [0, 0.05) is 18.6 Å². The topological polar surface area (TPSA) is 18.5 Å². The van der Waals surface area contributed by atoms with Crippen molar-refractivity contribution in [3.8, 4) is 0 Å². The van der Waals surface area contributed by atoms with Crippen LogP contribution in [0.15, 0.2) is 0 Å². The third-order valence-corrected chi connectivity index (χ3v) is 5.07. The fourth-order valence-corrected chi connectivity index (χ4v) is 3.65. The van der Waals surface area contributed by atoms with Crippen molar-refractivity contribution in [1.82, 2.24) is 15.1 Å². The zero-order valence-electron chi connectivity index (χ0n) is 12.4. The standard InChI is InChI=1S/C16H31N3/c1-3-11-19(12-4-1)16-8-13-18(14-16)10-5-2-9-17-15-6-7-15/h15-17H,1-14H2. The Morgan fingerprint density at radius 2 is 1.74 bits per heavy atom. The molecule has 1 saturated carbocycles. The molecule has 0 bridgehead atoms. The minimum atomic E-state index is 0.880. The second-order valence-corrected chi connectivity index (χ2v) is 6.78. The molecule has 2 aliphatic heterocycles. The first-order chi connectivity index (χ1) is 9.42. The van der Waals surface area contributed by atoms with E-state index in [1.807, 2.05) is 0 Å². The Bertz CT molecular complexity index is 259. The average molecular weight is 265 g/mol. The van der Waals surface area contributed by atoms with Gasteiger partial charge in [-0.3, -0.25) is 4.90 Å². The highest BCUT2D eigenvalue weighted by Gasteiger charge is 2.27. The van der Waals surface area contributed by atoms with Crippen molar-refractivity contribution in [3.63, 3.8) is 0 Å². The molecule has 3 aliphatic rings. The van der Waals surface area contributed by atoms with Crippen LogP contribution in [0.3, 0.4) is 0 Å². The van der Waals surface area contributed by atoms with Gasteiger partial charge in [0.05, 0.1) is 0 Å². The van der Waals surface area contributed by atoms with Gasteiger partial charge in [-0.1, -0.05) is 6.42 Å². The average Bonchev–Trinajstić information content (AvgIpc) is 3.16. The highest BCUT2D eigenvalue weighted by atomic mass is 15.3. The molecule has 0 aromatic rings. The maximum absolute atomic E-state index is 3.62. The van der Waals surface area contributed by atoms with Crippen molar-refractivity contribution in [3.05, 3.63) is 0 Å². The molecule has 2 heterocycles. The summed E-state index contributed by atoms with van der Waals surface area (Å²) in [6, 6.07) is 1.76. The van der Waals surface area contributed by atoms with Crippen LogP contribution in [0, 0.1) is 0 Å². The Labute approximate surface area is 118 Å². The molecule has 3 rings (SSSR count). The third kappa shape index (κ3) is 4.44. The van der Waals surface area contributed by atoms with Crippen LogP contribution in [0.2, 0.25) is 0 Å². The highest BCUT2D eigenvalue weighted by Crippen LogP contribution is 2.20. The Morgan fingerprint density at radius 3 is 2.53 bits per heavy atom. The normalized spacial score (nSPS) is 30.0. The molecule has 0 amide bonds. The van der Waals surface area contributed by atoms with Gasteiger partial charge in [0.15, 0.2) is 0 Å². The van der Waals surface area contributed by atoms with Crippen LogP contribution in [0.4, 0.5) is 0 Å². The van der Waals surface area contributed by atoms with Gasteiger partial charge >= 0.3 is 0 Å². The summed E-state index contributed by atoms with van der Waals surface area (Å²) in [6.45, 7) is 7.99. The minimum absolute atomic E-state index is 0.880. The van der Waals surface area contributed by atoms with Crippen LogP contribution < -0.4 is 5.32 Å². The Morgan fingerprint density at radius 1 is 0.895 bits per heavy atom. The van der Waals surface area contributed by atoms with E-state index in [0.717, 1.165) is 12.1 Å². The van der Waals surface area contributed by atoms with Crippen LogP contribution >= 0.6 is 0 Å². The van der Waals surface area contributed by atoms with Gasteiger partial charge in [-0.2, -0.15) is 0 Å². The summed E-state index contributed by atoms with van der Waals surface area (Å²) in [5.74, 6) is 0. The van der Waals surface area contributed by atoms with Crippen LogP contribution in [-0.4, -0.2) is 61.2 Å². The first kappa shape index (κ1) is 13.8. The lowest BCUT2D eigenvalue weighted by Gasteiger charge is -2.32. The molecular weight excluding hydrogens is 234 g/mol. The summed E-state index contributed by atoms with van der Waals surface area (Å²) in [7, 11) is 0. The van der Waals surface area contributed by atoms with E-state index in [0.29, 0.717) is 0 Å². The van der Waals surface area contributed by atoms with E-state index in [1.54, 1.807) is 0 Å². The molecule has 1 unspecified atom stereocenters. The summed E-state index contributed by atoms with van der Waals surface area (Å²) in [4.78, 5) is 5.47. The number of unbranched alkanes of at least 4 members (excludes halogenated alkanes) is 1. The van der Waals surface area contributed by atoms with Gasteiger partial charge in [0.25, 0.3) is 0 Å². The summed E-state index contributed by atoms with van der Waals surface area (Å²) in [5.41, 5.74) is 0. The van der Waals surface area contributed by atoms with E-state index >= 15 is 0 Å². The molecule has 19 heavy (non-hydrogen) atoms. The summed E-state index contributed by atoms with van der Waals surface area (Å²) < 4.78 is 0. The van der Waals surface area contributed by atoms with Crippen LogP contribution in [0.1, 0.15) is 51.4 Å². The van der Waals surface area contributed by atoms with Gasteiger partial charge in [-0.25, -0.2) is 0 Å². The monoisotopic (exact) mass is 265 g/mol. The smallest absolute Gasteiger partial charge is 0.0235 e. The minimum Gasteiger partial charge on any atom is -0.314 e. The lowest BCUT2D eigenvalue weighted by molar-refractivity contribution is 0.162. The van der Waals surface area contributed by atoms with Gasteiger partial charge in [-0.05, 0) is 77.7 Å². The summed E-state index contributed by atoms with van der Waals surface area (Å²) in [5, 5.41) is 3.62. The van der Waals surface area contributed by atoms with Crippen molar-refractivity contribution >= 4 is 0 Å². The molecule has 0 spiro atoms. The lowest BCUT2D eigenvalue weighted by Crippen LogP contribution is -2.40. The van der Waals surface area contributed by atoms with Gasteiger partial charge in [0.1, 0.15) is 0 Å². The number of piperidine rings is 1. The second-order valence-electron chi connectivity index (χ2n) is 6.78. The number of nitrogens with one attached hydrogen (secondary N) is 1. The van der Waals surface area contributed by atoms with Gasteiger partial charge < -0.3 is 10.2 Å². The van der Waals surface area contributed by atoms with Gasteiger partial charge in [-0.15, -0.1) is 0 Å². The van der Waals surface area contributed by atoms with Crippen molar-refractivity contribution in [2.75, 3.05) is 39.3 Å². The van der Waals surface area contributed by atoms with Crippen LogP contribution in [0.25, 0.3) is 0 Å². The number of hydrogen-bond donors (Lipinski definition) is 1. The fourth-order valence-electron chi connectivity index (χ4n) is 3.65. The fraction of sp³-hybridized carbons (Fsp3) is 1.00. The van der Waals surface area contributed by atoms with Crippen molar-refractivity contribution in [2.45, 2.75) is 63.5 Å². The number of likely N-dealkylation sites (tertiary alicyclic amines) is 2. The molecular formula is C16H31N3. The Balaban J connectivity index is 1.26. The number of hydrogen-bond acceptors (Lipinski definition) is 3. The molecule has 3 fully saturated rings. The van der Waals surface area contributed by atoms with Crippen molar-refractivity contribution in [1.29, 1.82) is 0 Å². The van der Waals surface area contributed by atoms with Gasteiger partial charge in [0.2, 0.25) is 0 Å². The SMILES string of the molecule is C1CCN(C2CCN(CCCCNC3CC3)C2)CC1. The molecule has 0 aromatic carbocycles. The lowest BCUT2D eigenvalue weighted by atomic mass is 10.1. The van der Waals surface area contributed by atoms with E-state index in [1.165, 1.54) is 90.6 Å². The van der Waals surface area contributed by atoms with E-state index < -0.39 is 0 Å².